The zero-order valence-corrected chi connectivity index (χ0v) is 17.0. The fourth-order valence-corrected chi connectivity index (χ4v) is 4.10. The SMILES string of the molecule is COc1cccc(C2c3c(oc4ccc(F)cc4c3=O)C(=O)N2Cc2ccc(F)cc2)c1. The van der Waals surface area contributed by atoms with Gasteiger partial charge in [0.25, 0.3) is 5.91 Å². The summed E-state index contributed by atoms with van der Waals surface area (Å²) >= 11 is 0. The smallest absolute Gasteiger partial charge is 0.291 e. The fourth-order valence-electron chi connectivity index (χ4n) is 4.10. The van der Waals surface area contributed by atoms with Crippen LogP contribution in [0.2, 0.25) is 0 Å². The van der Waals surface area contributed by atoms with E-state index < -0.39 is 23.2 Å². The van der Waals surface area contributed by atoms with E-state index in [1.165, 1.54) is 36.3 Å². The molecule has 3 aromatic carbocycles. The average molecular weight is 433 g/mol. The Hall–Kier alpha value is -4.00. The van der Waals surface area contributed by atoms with Crippen LogP contribution in [0.4, 0.5) is 8.78 Å². The van der Waals surface area contributed by atoms with Crippen LogP contribution in [0.3, 0.4) is 0 Å². The van der Waals surface area contributed by atoms with Crippen molar-refractivity contribution in [3.63, 3.8) is 0 Å². The Balaban J connectivity index is 1.72. The number of ether oxygens (including phenoxy) is 1. The third-order valence-corrected chi connectivity index (χ3v) is 5.60. The summed E-state index contributed by atoms with van der Waals surface area (Å²) in [6, 6.07) is 15.6. The molecule has 160 valence electrons. The maximum absolute atomic E-state index is 13.9. The van der Waals surface area contributed by atoms with E-state index >= 15 is 0 Å². The third kappa shape index (κ3) is 3.22. The average Bonchev–Trinajstić information content (AvgIpc) is 3.08. The Labute approximate surface area is 181 Å². The summed E-state index contributed by atoms with van der Waals surface area (Å²) in [5.74, 6) is -0.958. The Kier molecular flexibility index (Phi) is 4.74. The van der Waals surface area contributed by atoms with Crippen LogP contribution >= 0.6 is 0 Å². The van der Waals surface area contributed by atoms with E-state index in [1.54, 1.807) is 36.4 Å². The molecule has 0 radical (unpaired) electrons. The van der Waals surface area contributed by atoms with Gasteiger partial charge in [0.05, 0.1) is 24.1 Å². The van der Waals surface area contributed by atoms with Crippen LogP contribution in [-0.2, 0) is 6.54 Å². The fraction of sp³-hybridized carbons (Fsp3) is 0.120. The molecule has 0 saturated carbocycles. The predicted octanol–water partition coefficient (Wildman–Crippen LogP) is 4.83. The molecule has 1 amide bonds. The van der Waals surface area contributed by atoms with Gasteiger partial charge < -0.3 is 14.1 Å². The zero-order valence-electron chi connectivity index (χ0n) is 17.0. The normalized spacial score (nSPS) is 15.3. The molecule has 1 aliphatic heterocycles. The summed E-state index contributed by atoms with van der Waals surface area (Å²) in [6.07, 6.45) is 0. The molecule has 7 heteroatoms. The van der Waals surface area contributed by atoms with E-state index in [0.717, 1.165) is 6.07 Å². The van der Waals surface area contributed by atoms with Crippen molar-refractivity contribution in [2.75, 3.05) is 7.11 Å². The number of carbonyl (C=O) groups is 1. The molecule has 0 aliphatic carbocycles. The van der Waals surface area contributed by atoms with Crippen LogP contribution in [0.25, 0.3) is 11.0 Å². The summed E-state index contributed by atoms with van der Waals surface area (Å²) in [5.41, 5.74) is 1.13. The zero-order chi connectivity index (χ0) is 22.4. The molecule has 0 N–H and O–H groups in total. The number of rotatable bonds is 4. The van der Waals surface area contributed by atoms with Gasteiger partial charge in [0, 0.05) is 6.54 Å². The number of hydrogen-bond acceptors (Lipinski definition) is 4. The number of benzene rings is 3. The van der Waals surface area contributed by atoms with Crippen molar-refractivity contribution in [2.24, 2.45) is 0 Å². The monoisotopic (exact) mass is 433 g/mol. The number of amides is 1. The van der Waals surface area contributed by atoms with Crippen molar-refractivity contribution in [2.45, 2.75) is 12.6 Å². The maximum Gasteiger partial charge on any atom is 0.291 e. The van der Waals surface area contributed by atoms with Crippen LogP contribution in [0, 0.1) is 11.6 Å². The predicted molar refractivity (Wildman–Crippen MR) is 114 cm³/mol. The van der Waals surface area contributed by atoms with Gasteiger partial charge in [-0.2, -0.15) is 0 Å². The number of nitrogens with zero attached hydrogens (tertiary/aromatic N) is 1. The van der Waals surface area contributed by atoms with E-state index in [1.807, 2.05) is 0 Å². The Morgan fingerprint density at radius 3 is 2.47 bits per heavy atom. The lowest BCUT2D eigenvalue weighted by Gasteiger charge is -2.25. The van der Waals surface area contributed by atoms with E-state index in [4.69, 9.17) is 9.15 Å². The lowest BCUT2D eigenvalue weighted by molar-refractivity contribution is 0.0714. The molecule has 32 heavy (non-hydrogen) atoms. The third-order valence-electron chi connectivity index (χ3n) is 5.60. The number of fused-ring (bicyclic) bond motifs is 2. The summed E-state index contributed by atoms with van der Waals surface area (Å²) in [5, 5.41) is 0.0630. The summed E-state index contributed by atoms with van der Waals surface area (Å²) < 4.78 is 38.4. The standard InChI is InChI=1S/C25H17F2NO4/c1-31-18-4-2-3-15(11-18)22-21-23(29)19-12-17(27)9-10-20(19)32-24(21)25(30)28(22)13-14-5-7-16(26)8-6-14/h2-12,22H,13H2,1H3. The molecule has 1 atom stereocenters. The molecule has 1 aliphatic rings. The largest absolute Gasteiger partial charge is 0.497 e. The molecule has 5 rings (SSSR count). The molecule has 0 fully saturated rings. The minimum Gasteiger partial charge on any atom is -0.497 e. The molecule has 4 aromatic rings. The number of methoxy groups -OCH3 is 1. The highest BCUT2D eigenvalue weighted by molar-refractivity contribution is 5.99. The highest BCUT2D eigenvalue weighted by Gasteiger charge is 2.42. The summed E-state index contributed by atoms with van der Waals surface area (Å²) in [6.45, 7) is 0.120. The molecule has 5 nitrogen and oxygen atoms in total. The van der Waals surface area contributed by atoms with Crippen molar-refractivity contribution in [1.82, 2.24) is 4.90 Å². The molecule has 1 unspecified atom stereocenters. The Morgan fingerprint density at radius 1 is 0.969 bits per heavy atom. The quantitative estimate of drug-likeness (QED) is 0.463. The number of hydrogen-bond donors (Lipinski definition) is 0. The van der Waals surface area contributed by atoms with Crippen LogP contribution < -0.4 is 10.2 Å². The number of halogens is 2. The highest BCUT2D eigenvalue weighted by Crippen LogP contribution is 2.40. The Bertz CT molecular complexity index is 1410. The second-order valence-electron chi connectivity index (χ2n) is 7.55. The van der Waals surface area contributed by atoms with Gasteiger partial charge in [-0.3, -0.25) is 9.59 Å². The van der Waals surface area contributed by atoms with Gasteiger partial charge >= 0.3 is 0 Å². The lowest BCUT2D eigenvalue weighted by Crippen LogP contribution is -2.29. The first-order chi connectivity index (χ1) is 15.5. The first-order valence-corrected chi connectivity index (χ1v) is 9.92. The molecule has 1 aromatic heterocycles. The summed E-state index contributed by atoms with van der Waals surface area (Å²) in [7, 11) is 1.52. The van der Waals surface area contributed by atoms with E-state index in [2.05, 4.69) is 0 Å². The van der Waals surface area contributed by atoms with Crippen LogP contribution in [0.5, 0.6) is 5.75 Å². The number of carbonyl (C=O) groups excluding carboxylic acids is 1. The van der Waals surface area contributed by atoms with Gasteiger partial charge in [-0.25, -0.2) is 8.78 Å². The second-order valence-corrected chi connectivity index (χ2v) is 7.55. The van der Waals surface area contributed by atoms with Crippen LogP contribution in [0.1, 0.15) is 33.3 Å². The Morgan fingerprint density at radius 2 is 1.72 bits per heavy atom. The molecule has 0 bridgehead atoms. The first kappa shape index (κ1) is 19.9. The van der Waals surface area contributed by atoms with Crippen molar-refractivity contribution in [3.05, 3.63) is 111 Å². The minimum atomic E-state index is -0.776. The summed E-state index contributed by atoms with van der Waals surface area (Å²) in [4.78, 5) is 28.3. The topological polar surface area (TPSA) is 59.8 Å². The van der Waals surface area contributed by atoms with Gasteiger partial charge in [0.2, 0.25) is 5.76 Å². The molecular weight excluding hydrogens is 416 g/mol. The van der Waals surface area contributed by atoms with Gasteiger partial charge in [0.1, 0.15) is 23.0 Å². The van der Waals surface area contributed by atoms with Crippen molar-refractivity contribution >= 4 is 16.9 Å². The first-order valence-electron chi connectivity index (χ1n) is 9.92. The van der Waals surface area contributed by atoms with Crippen LogP contribution in [0.15, 0.2) is 75.9 Å². The van der Waals surface area contributed by atoms with Crippen LogP contribution in [-0.4, -0.2) is 17.9 Å². The molecule has 2 heterocycles. The maximum atomic E-state index is 13.9. The van der Waals surface area contributed by atoms with Gasteiger partial charge in [0.15, 0.2) is 5.43 Å². The van der Waals surface area contributed by atoms with Crippen molar-refractivity contribution in [1.29, 1.82) is 0 Å². The van der Waals surface area contributed by atoms with E-state index in [0.29, 0.717) is 16.9 Å². The minimum absolute atomic E-state index is 0.0630. The molecular formula is C25H17F2NO4. The highest BCUT2D eigenvalue weighted by atomic mass is 19.1. The molecule has 0 spiro atoms. The van der Waals surface area contributed by atoms with Gasteiger partial charge in [-0.15, -0.1) is 0 Å². The second kappa shape index (κ2) is 7.60. The van der Waals surface area contributed by atoms with Gasteiger partial charge in [-0.1, -0.05) is 24.3 Å². The molecule has 0 saturated heterocycles. The van der Waals surface area contributed by atoms with Crippen molar-refractivity contribution in [3.8, 4) is 5.75 Å². The lowest BCUT2D eigenvalue weighted by atomic mass is 9.98. The van der Waals surface area contributed by atoms with E-state index in [9.17, 15) is 18.4 Å². The van der Waals surface area contributed by atoms with Gasteiger partial charge in [-0.05, 0) is 53.6 Å². The van der Waals surface area contributed by atoms with Crippen molar-refractivity contribution < 1.29 is 22.7 Å². The van der Waals surface area contributed by atoms with E-state index in [-0.39, 0.29) is 34.7 Å².